The molecular formula is C16H17NO3S. The lowest BCUT2D eigenvalue weighted by atomic mass is 10.1. The van der Waals surface area contributed by atoms with Crippen LogP contribution in [0.5, 0.6) is 0 Å². The number of hydrogen-bond donors (Lipinski definition) is 2. The number of carboxylic acids is 1. The Bertz CT molecular complexity index is 631. The molecule has 1 aromatic carbocycles. The molecule has 1 amide bonds. The van der Waals surface area contributed by atoms with Crippen LogP contribution in [0.15, 0.2) is 35.7 Å². The summed E-state index contributed by atoms with van der Waals surface area (Å²) < 4.78 is 0. The van der Waals surface area contributed by atoms with Gasteiger partial charge in [0.1, 0.15) is 0 Å². The van der Waals surface area contributed by atoms with Gasteiger partial charge in [-0.3, -0.25) is 4.79 Å². The van der Waals surface area contributed by atoms with Crippen LogP contribution in [0.1, 0.15) is 26.4 Å². The van der Waals surface area contributed by atoms with Crippen molar-refractivity contribution in [3.8, 4) is 0 Å². The molecule has 0 aliphatic carbocycles. The van der Waals surface area contributed by atoms with Crippen molar-refractivity contribution in [3.05, 3.63) is 57.3 Å². The maximum absolute atomic E-state index is 11.8. The smallest absolute Gasteiger partial charge is 0.335 e. The zero-order valence-corrected chi connectivity index (χ0v) is 12.6. The molecule has 0 saturated carbocycles. The second-order valence-electron chi connectivity index (χ2n) is 4.81. The van der Waals surface area contributed by atoms with Crippen LogP contribution < -0.4 is 5.32 Å². The van der Waals surface area contributed by atoms with Crippen LogP contribution in [-0.2, 0) is 17.6 Å². The van der Waals surface area contributed by atoms with Gasteiger partial charge in [-0.2, -0.15) is 0 Å². The fourth-order valence-electron chi connectivity index (χ4n) is 1.99. The Morgan fingerprint density at radius 2 is 1.90 bits per heavy atom. The van der Waals surface area contributed by atoms with Gasteiger partial charge in [0.05, 0.1) is 12.0 Å². The number of amides is 1. The SMILES string of the molecule is Cc1ccsc1CCNC(=O)Cc1ccc(C(=O)O)cc1. The van der Waals surface area contributed by atoms with Crippen LogP contribution in [0.25, 0.3) is 0 Å². The van der Waals surface area contributed by atoms with E-state index < -0.39 is 5.97 Å². The first-order valence-electron chi connectivity index (χ1n) is 6.68. The number of rotatable bonds is 6. The average molecular weight is 303 g/mol. The van der Waals surface area contributed by atoms with Gasteiger partial charge in [-0.15, -0.1) is 11.3 Å². The third-order valence-corrected chi connectivity index (χ3v) is 4.29. The first kappa shape index (κ1) is 15.3. The Morgan fingerprint density at radius 1 is 1.19 bits per heavy atom. The maximum atomic E-state index is 11.8. The summed E-state index contributed by atoms with van der Waals surface area (Å²) in [6, 6.07) is 8.45. The van der Waals surface area contributed by atoms with E-state index in [1.54, 1.807) is 23.5 Å². The average Bonchev–Trinajstić information content (AvgIpc) is 2.85. The topological polar surface area (TPSA) is 66.4 Å². The molecule has 0 atom stereocenters. The Kier molecular flexibility index (Phi) is 5.11. The van der Waals surface area contributed by atoms with Gasteiger partial charge in [0.25, 0.3) is 0 Å². The lowest BCUT2D eigenvalue weighted by Gasteiger charge is -2.05. The van der Waals surface area contributed by atoms with Crippen LogP contribution >= 0.6 is 11.3 Å². The van der Waals surface area contributed by atoms with Gasteiger partial charge in [-0.05, 0) is 48.1 Å². The van der Waals surface area contributed by atoms with E-state index in [1.807, 2.05) is 0 Å². The summed E-state index contributed by atoms with van der Waals surface area (Å²) in [5.41, 5.74) is 2.30. The highest BCUT2D eigenvalue weighted by Crippen LogP contribution is 2.15. The molecule has 110 valence electrons. The molecule has 0 bridgehead atoms. The van der Waals surface area contributed by atoms with E-state index in [0.29, 0.717) is 6.54 Å². The number of carbonyl (C=O) groups excluding carboxylic acids is 1. The van der Waals surface area contributed by atoms with Gasteiger partial charge in [-0.25, -0.2) is 4.79 Å². The van der Waals surface area contributed by atoms with E-state index in [4.69, 9.17) is 5.11 Å². The number of carboxylic acid groups (broad SMARTS) is 1. The van der Waals surface area contributed by atoms with E-state index in [2.05, 4.69) is 23.7 Å². The molecule has 0 aliphatic heterocycles. The molecule has 0 spiro atoms. The number of nitrogens with one attached hydrogen (secondary N) is 1. The molecule has 0 unspecified atom stereocenters. The highest BCUT2D eigenvalue weighted by Gasteiger charge is 2.06. The predicted octanol–water partition coefficient (Wildman–Crippen LogP) is 2.66. The first-order chi connectivity index (χ1) is 10.1. The number of aryl methyl sites for hydroxylation is 1. The summed E-state index contributed by atoms with van der Waals surface area (Å²) in [4.78, 5) is 23.9. The number of benzene rings is 1. The summed E-state index contributed by atoms with van der Waals surface area (Å²) >= 11 is 1.70. The van der Waals surface area contributed by atoms with Crippen LogP contribution in [-0.4, -0.2) is 23.5 Å². The highest BCUT2D eigenvalue weighted by atomic mass is 32.1. The minimum atomic E-state index is -0.961. The van der Waals surface area contributed by atoms with Crippen LogP contribution in [0.2, 0.25) is 0 Å². The van der Waals surface area contributed by atoms with Gasteiger partial charge in [0.2, 0.25) is 5.91 Å². The van der Waals surface area contributed by atoms with Crippen LogP contribution in [0.3, 0.4) is 0 Å². The molecule has 1 heterocycles. The lowest BCUT2D eigenvalue weighted by molar-refractivity contribution is -0.120. The Morgan fingerprint density at radius 3 is 2.48 bits per heavy atom. The molecular weight excluding hydrogens is 286 g/mol. The van der Waals surface area contributed by atoms with Gasteiger partial charge >= 0.3 is 5.97 Å². The molecule has 2 rings (SSSR count). The van der Waals surface area contributed by atoms with E-state index in [9.17, 15) is 9.59 Å². The van der Waals surface area contributed by atoms with E-state index in [-0.39, 0.29) is 17.9 Å². The fraction of sp³-hybridized carbons (Fsp3) is 0.250. The van der Waals surface area contributed by atoms with Crippen molar-refractivity contribution in [3.63, 3.8) is 0 Å². The fourth-order valence-corrected chi connectivity index (χ4v) is 2.90. The van der Waals surface area contributed by atoms with Crippen molar-refractivity contribution in [2.75, 3.05) is 6.54 Å². The molecule has 1 aromatic heterocycles. The normalized spacial score (nSPS) is 10.3. The molecule has 0 radical (unpaired) electrons. The monoisotopic (exact) mass is 303 g/mol. The Balaban J connectivity index is 1.79. The maximum Gasteiger partial charge on any atom is 0.335 e. The highest BCUT2D eigenvalue weighted by molar-refractivity contribution is 7.10. The zero-order chi connectivity index (χ0) is 15.2. The van der Waals surface area contributed by atoms with Crippen molar-refractivity contribution in [1.29, 1.82) is 0 Å². The number of thiophene rings is 1. The van der Waals surface area contributed by atoms with Crippen LogP contribution in [0.4, 0.5) is 0 Å². The molecule has 0 saturated heterocycles. The molecule has 0 fully saturated rings. The third kappa shape index (κ3) is 4.43. The van der Waals surface area contributed by atoms with Crippen molar-refractivity contribution in [2.45, 2.75) is 19.8 Å². The standard InChI is InChI=1S/C16H17NO3S/c1-11-7-9-21-14(11)6-8-17-15(18)10-12-2-4-13(5-3-12)16(19)20/h2-5,7,9H,6,8,10H2,1H3,(H,17,18)(H,19,20). The van der Waals surface area contributed by atoms with E-state index in [0.717, 1.165) is 12.0 Å². The number of carbonyl (C=O) groups is 2. The second kappa shape index (κ2) is 7.04. The zero-order valence-electron chi connectivity index (χ0n) is 11.8. The van der Waals surface area contributed by atoms with Crippen molar-refractivity contribution in [1.82, 2.24) is 5.32 Å². The quantitative estimate of drug-likeness (QED) is 0.862. The van der Waals surface area contributed by atoms with Crippen molar-refractivity contribution >= 4 is 23.2 Å². The van der Waals surface area contributed by atoms with Gasteiger partial charge in [0.15, 0.2) is 0 Å². The van der Waals surface area contributed by atoms with E-state index >= 15 is 0 Å². The summed E-state index contributed by atoms with van der Waals surface area (Å²) in [7, 11) is 0. The molecule has 21 heavy (non-hydrogen) atoms. The number of aromatic carboxylic acids is 1. The second-order valence-corrected chi connectivity index (χ2v) is 5.81. The minimum absolute atomic E-state index is 0.0488. The number of hydrogen-bond acceptors (Lipinski definition) is 3. The molecule has 5 heteroatoms. The summed E-state index contributed by atoms with van der Waals surface area (Å²) in [5.74, 6) is -1.01. The van der Waals surface area contributed by atoms with Gasteiger partial charge in [0, 0.05) is 11.4 Å². The van der Waals surface area contributed by atoms with Crippen LogP contribution in [0, 0.1) is 6.92 Å². The largest absolute Gasteiger partial charge is 0.478 e. The lowest BCUT2D eigenvalue weighted by Crippen LogP contribution is -2.27. The first-order valence-corrected chi connectivity index (χ1v) is 7.56. The Labute approximate surface area is 127 Å². The van der Waals surface area contributed by atoms with Gasteiger partial charge < -0.3 is 10.4 Å². The summed E-state index contributed by atoms with van der Waals surface area (Å²) in [5, 5.41) is 13.7. The Hall–Kier alpha value is -2.14. The van der Waals surface area contributed by atoms with Crippen molar-refractivity contribution < 1.29 is 14.7 Å². The molecule has 2 N–H and O–H groups in total. The minimum Gasteiger partial charge on any atom is -0.478 e. The molecule has 4 nitrogen and oxygen atoms in total. The summed E-state index contributed by atoms with van der Waals surface area (Å²) in [6.45, 7) is 2.69. The predicted molar refractivity (Wildman–Crippen MR) is 82.9 cm³/mol. The van der Waals surface area contributed by atoms with E-state index in [1.165, 1.54) is 22.6 Å². The third-order valence-electron chi connectivity index (χ3n) is 3.21. The molecule has 0 aliphatic rings. The van der Waals surface area contributed by atoms with Gasteiger partial charge in [-0.1, -0.05) is 12.1 Å². The molecule has 2 aromatic rings. The van der Waals surface area contributed by atoms with Crippen molar-refractivity contribution in [2.24, 2.45) is 0 Å². The summed E-state index contributed by atoms with van der Waals surface area (Å²) in [6.07, 6.45) is 1.11.